The highest BCUT2D eigenvalue weighted by Crippen LogP contribution is 2.19. The van der Waals surface area contributed by atoms with Gasteiger partial charge >= 0.3 is 5.82 Å². The molecule has 76 valence electrons. The van der Waals surface area contributed by atoms with Gasteiger partial charge in [-0.1, -0.05) is 0 Å². The molecule has 1 saturated heterocycles. The van der Waals surface area contributed by atoms with Crippen molar-refractivity contribution in [3.8, 4) is 0 Å². The predicted octanol–water partition coefficient (Wildman–Crippen LogP) is 1.14. The quantitative estimate of drug-likeness (QED) is 0.526. The van der Waals surface area contributed by atoms with E-state index in [1.807, 2.05) is 0 Å². The van der Waals surface area contributed by atoms with E-state index in [9.17, 15) is 10.1 Å². The molecule has 1 aliphatic rings. The Kier molecular flexibility index (Phi) is 2.45. The molecule has 2 heterocycles. The van der Waals surface area contributed by atoms with Crippen molar-refractivity contribution >= 4 is 5.82 Å². The molecule has 1 aromatic heterocycles. The van der Waals surface area contributed by atoms with Gasteiger partial charge in [-0.05, 0) is 17.8 Å². The van der Waals surface area contributed by atoms with Crippen molar-refractivity contribution < 1.29 is 9.66 Å². The minimum Gasteiger partial charge on any atom is -0.379 e. The Morgan fingerprint density at radius 1 is 1.71 bits per heavy atom. The number of aromatic nitrogens is 2. The molecule has 6 nitrogen and oxygen atoms in total. The zero-order valence-corrected chi connectivity index (χ0v) is 7.63. The maximum Gasteiger partial charge on any atom is 0.389 e. The number of hydrogen-bond acceptors (Lipinski definition) is 4. The summed E-state index contributed by atoms with van der Waals surface area (Å²) < 4.78 is 6.90. The third-order valence-electron chi connectivity index (χ3n) is 2.29. The number of rotatable bonds is 2. The lowest BCUT2D eigenvalue weighted by Gasteiger charge is -2.19. The number of nitro groups is 1. The lowest BCUT2D eigenvalue weighted by atomic mass is 10.1. The van der Waals surface area contributed by atoms with Crippen molar-refractivity contribution in [2.24, 2.45) is 0 Å². The van der Waals surface area contributed by atoms with Crippen LogP contribution >= 0.6 is 0 Å². The molecule has 0 bridgehead atoms. The van der Waals surface area contributed by atoms with Crippen molar-refractivity contribution in [2.45, 2.75) is 18.9 Å². The van der Waals surface area contributed by atoms with Crippen LogP contribution in [0.5, 0.6) is 0 Å². The van der Waals surface area contributed by atoms with Crippen LogP contribution in [0.1, 0.15) is 18.9 Å². The van der Waals surface area contributed by atoms with Gasteiger partial charge in [0.05, 0.1) is 30.0 Å². The second kappa shape index (κ2) is 3.75. The third kappa shape index (κ3) is 1.74. The van der Waals surface area contributed by atoms with Gasteiger partial charge in [0.1, 0.15) is 0 Å². The Bertz CT molecular complexity index is 330. The smallest absolute Gasteiger partial charge is 0.379 e. The Morgan fingerprint density at radius 3 is 3.14 bits per heavy atom. The molecular weight excluding hydrogens is 186 g/mol. The van der Waals surface area contributed by atoms with Crippen LogP contribution in [0.25, 0.3) is 0 Å². The van der Waals surface area contributed by atoms with Crippen LogP contribution in [0.15, 0.2) is 12.3 Å². The van der Waals surface area contributed by atoms with Gasteiger partial charge in [0.15, 0.2) is 0 Å². The van der Waals surface area contributed by atoms with Gasteiger partial charge in [0.2, 0.25) is 0 Å². The first kappa shape index (κ1) is 9.14. The summed E-state index contributed by atoms with van der Waals surface area (Å²) >= 11 is 0. The van der Waals surface area contributed by atoms with E-state index >= 15 is 0 Å². The molecule has 0 aromatic carbocycles. The van der Waals surface area contributed by atoms with E-state index in [-0.39, 0.29) is 11.9 Å². The molecule has 2 rings (SSSR count). The van der Waals surface area contributed by atoms with E-state index in [4.69, 9.17) is 4.74 Å². The molecule has 1 aliphatic heterocycles. The summed E-state index contributed by atoms with van der Waals surface area (Å²) in [6.07, 6.45) is 3.59. The van der Waals surface area contributed by atoms with Crippen LogP contribution in [-0.4, -0.2) is 27.9 Å². The molecule has 6 heteroatoms. The second-order valence-electron chi connectivity index (χ2n) is 3.28. The van der Waals surface area contributed by atoms with Crippen LogP contribution < -0.4 is 0 Å². The number of ether oxygens (including phenoxy) is 1. The van der Waals surface area contributed by atoms with Crippen LogP contribution in [-0.2, 0) is 4.74 Å². The van der Waals surface area contributed by atoms with Crippen LogP contribution in [0.4, 0.5) is 5.82 Å². The third-order valence-corrected chi connectivity index (χ3v) is 2.29. The molecule has 1 aromatic rings. The minimum absolute atomic E-state index is 0.101. The largest absolute Gasteiger partial charge is 0.389 e. The molecule has 14 heavy (non-hydrogen) atoms. The molecule has 0 aliphatic carbocycles. The number of nitrogens with zero attached hydrogens (tertiary/aromatic N) is 3. The predicted molar refractivity (Wildman–Crippen MR) is 48.0 cm³/mol. The van der Waals surface area contributed by atoms with Crippen LogP contribution in [0.3, 0.4) is 0 Å². The van der Waals surface area contributed by atoms with Gasteiger partial charge in [-0.2, -0.15) is 4.68 Å². The average Bonchev–Trinajstić information content (AvgIpc) is 2.68. The van der Waals surface area contributed by atoms with E-state index in [1.165, 1.54) is 6.07 Å². The van der Waals surface area contributed by atoms with Crippen molar-refractivity contribution in [3.05, 3.63) is 22.4 Å². The molecule has 1 atom stereocenters. The molecule has 1 fully saturated rings. The molecule has 0 saturated carbocycles. The first-order valence-electron chi connectivity index (χ1n) is 4.54. The van der Waals surface area contributed by atoms with Gasteiger partial charge in [-0.15, -0.1) is 0 Å². The van der Waals surface area contributed by atoms with Crippen molar-refractivity contribution in [3.63, 3.8) is 0 Å². The highest BCUT2D eigenvalue weighted by atomic mass is 16.6. The topological polar surface area (TPSA) is 70.2 Å². The minimum atomic E-state index is -0.486. The molecule has 0 radical (unpaired) electrons. The van der Waals surface area contributed by atoms with Gasteiger partial charge in [-0.3, -0.25) is 0 Å². The fraction of sp³-hybridized carbons (Fsp3) is 0.625. The summed E-state index contributed by atoms with van der Waals surface area (Å²) in [5.41, 5.74) is 0. The maximum atomic E-state index is 10.4. The van der Waals surface area contributed by atoms with Gasteiger partial charge in [0.25, 0.3) is 0 Å². The van der Waals surface area contributed by atoms with Crippen LogP contribution in [0.2, 0.25) is 0 Å². The molecule has 1 unspecified atom stereocenters. The Hall–Kier alpha value is -1.43. The molecule has 0 N–H and O–H groups in total. The van der Waals surface area contributed by atoms with E-state index < -0.39 is 4.92 Å². The maximum absolute atomic E-state index is 10.4. The SMILES string of the molecule is O=[N+]([O-])c1ccn(C2CCCOC2)n1. The van der Waals surface area contributed by atoms with Gasteiger partial charge < -0.3 is 14.9 Å². The number of hydrogen-bond donors (Lipinski definition) is 0. The Balaban J connectivity index is 2.11. The first-order chi connectivity index (χ1) is 6.77. The van der Waals surface area contributed by atoms with Crippen LogP contribution in [0, 0.1) is 10.1 Å². The summed E-state index contributed by atoms with van der Waals surface area (Å²) in [5.74, 6) is -0.101. The van der Waals surface area contributed by atoms with E-state index in [1.54, 1.807) is 10.9 Å². The highest BCUT2D eigenvalue weighted by Gasteiger charge is 2.21. The normalized spacial score (nSPS) is 22.1. The molecular formula is C8H11N3O3. The standard InChI is InChI=1S/C8H11N3O3/c12-11(13)8-3-4-10(9-8)7-2-1-5-14-6-7/h3-4,7H,1-2,5-6H2. The fourth-order valence-corrected chi connectivity index (χ4v) is 1.56. The lowest BCUT2D eigenvalue weighted by Crippen LogP contribution is -2.21. The Labute approximate surface area is 80.6 Å². The summed E-state index contributed by atoms with van der Waals surface area (Å²) in [5, 5.41) is 14.3. The van der Waals surface area contributed by atoms with E-state index in [0.717, 1.165) is 19.4 Å². The van der Waals surface area contributed by atoms with E-state index in [2.05, 4.69) is 5.10 Å². The highest BCUT2D eigenvalue weighted by molar-refractivity contribution is 5.14. The zero-order valence-electron chi connectivity index (χ0n) is 7.63. The van der Waals surface area contributed by atoms with Gasteiger partial charge in [0, 0.05) is 6.61 Å². The molecule has 0 amide bonds. The molecule has 0 spiro atoms. The summed E-state index contributed by atoms with van der Waals surface area (Å²) in [7, 11) is 0. The monoisotopic (exact) mass is 197 g/mol. The van der Waals surface area contributed by atoms with E-state index in [0.29, 0.717) is 6.61 Å². The zero-order chi connectivity index (χ0) is 9.97. The van der Waals surface area contributed by atoms with Crippen molar-refractivity contribution in [2.75, 3.05) is 13.2 Å². The van der Waals surface area contributed by atoms with Gasteiger partial charge in [-0.25, -0.2) is 0 Å². The summed E-state index contributed by atoms with van der Waals surface area (Å²) in [6, 6.07) is 1.56. The fourth-order valence-electron chi connectivity index (χ4n) is 1.56. The summed E-state index contributed by atoms with van der Waals surface area (Å²) in [4.78, 5) is 9.91. The van der Waals surface area contributed by atoms with Crippen molar-refractivity contribution in [1.82, 2.24) is 9.78 Å². The van der Waals surface area contributed by atoms with Crippen molar-refractivity contribution in [1.29, 1.82) is 0 Å². The first-order valence-corrected chi connectivity index (χ1v) is 4.54. The Morgan fingerprint density at radius 2 is 2.57 bits per heavy atom. The average molecular weight is 197 g/mol. The second-order valence-corrected chi connectivity index (χ2v) is 3.28. The summed E-state index contributed by atoms with van der Waals surface area (Å²) in [6.45, 7) is 1.37. The lowest BCUT2D eigenvalue weighted by molar-refractivity contribution is -0.389.